The van der Waals surface area contributed by atoms with Crippen LogP contribution >= 0.6 is 0 Å². The third kappa shape index (κ3) is 2.09. The number of nitrogens with zero attached hydrogens (tertiary/aromatic N) is 4. The molecule has 0 saturated heterocycles. The van der Waals surface area contributed by atoms with Crippen LogP contribution in [0.4, 0.5) is 0 Å². The van der Waals surface area contributed by atoms with E-state index in [4.69, 9.17) is 0 Å². The second kappa shape index (κ2) is 5.14. The number of carbonyl (C=O) groups excluding carboxylic acids is 1. The van der Waals surface area contributed by atoms with Gasteiger partial charge in [0.2, 0.25) is 0 Å². The number of imidazole rings is 1. The molecule has 4 rings (SSSR count). The highest BCUT2D eigenvalue weighted by atomic mass is 16.2. The number of H-pyrrole nitrogens is 1. The summed E-state index contributed by atoms with van der Waals surface area (Å²) < 4.78 is 2.11. The van der Waals surface area contributed by atoms with Gasteiger partial charge in [-0.3, -0.25) is 9.89 Å². The maximum Gasteiger partial charge on any atom is 0.272 e. The number of hydrogen-bond acceptors (Lipinski definition) is 3. The van der Waals surface area contributed by atoms with Crippen molar-refractivity contribution in [1.82, 2.24) is 24.6 Å². The molecule has 0 saturated carbocycles. The zero-order valence-corrected chi connectivity index (χ0v) is 11.9. The summed E-state index contributed by atoms with van der Waals surface area (Å²) in [4.78, 5) is 19.0. The lowest BCUT2D eigenvalue weighted by atomic mass is 10.0. The van der Waals surface area contributed by atoms with Gasteiger partial charge in [-0.15, -0.1) is 0 Å². The van der Waals surface area contributed by atoms with E-state index in [0.717, 1.165) is 11.4 Å². The van der Waals surface area contributed by atoms with Crippen molar-refractivity contribution in [2.24, 2.45) is 0 Å². The molecule has 110 valence electrons. The first-order chi connectivity index (χ1) is 10.8. The van der Waals surface area contributed by atoms with Crippen LogP contribution in [0.5, 0.6) is 0 Å². The molecule has 1 unspecified atom stereocenters. The van der Waals surface area contributed by atoms with E-state index in [0.29, 0.717) is 18.8 Å². The Kier molecular flexibility index (Phi) is 3.00. The molecule has 1 aliphatic heterocycles. The largest absolute Gasteiger partial charge is 0.331 e. The van der Waals surface area contributed by atoms with Gasteiger partial charge in [0.25, 0.3) is 5.91 Å². The summed E-state index contributed by atoms with van der Waals surface area (Å²) in [6.45, 7) is 1.20. The van der Waals surface area contributed by atoms with Crippen LogP contribution in [0, 0.1) is 0 Å². The zero-order valence-electron chi connectivity index (χ0n) is 11.9. The minimum Gasteiger partial charge on any atom is -0.331 e. The summed E-state index contributed by atoms with van der Waals surface area (Å²) >= 11 is 0. The predicted octanol–water partition coefficient (Wildman–Crippen LogP) is 2.00. The van der Waals surface area contributed by atoms with E-state index < -0.39 is 0 Å². The Morgan fingerprint density at radius 1 is 1.18 bits per heavy atom. The van der Waals surface area contributed by atoms with Crippen molar-refractivity contribution < 1.29 is 4.79 Å². The van der Waals surface area contributed by atoms with Crippen molar-refractivity contribution in [2.75, 3.05) is 0 Å². The Balaban J connectivity index is 1.74. The van der Waals surface area contributed by atoms with Crippen molar-refractivity contribution in [2.45, 2.75) is 19.1 Å². The first-order valence-electron chi connectivity index (χ1n) is 7.18. The molecule has 0 radical (unpaired) electrons. The predicted molar refractivity (Wildman–Crippen MR) is 79.9 cm³/mol. The van der Waals surface area contributed by atoms with Crippen molar-refractivity contribution in [3.8, 4) is 0 Å². The van der Waals surface area contributed by atoms with E-state index in [9.17, 15) is 4.79 Å². The van der Waals surface area contributed by atoms with Crippen LogP contribution in [0.1, 0.15) is 27.9 Å². The first-order valence-corrected chi connectivity index (χ1v) is 7.18. The molecular weight excluding hydrogens is 278 g/mol. The number of carbonyl (C=O) groups is 1. The SMILES string of the molecule is O=C(c1ccn[nH]1)N1Cc2nccn2CC1c1ccccc1. The van der Waals surface area contributed by atoms with Crippen molar-refractivity contribution in [1.29, 1.82) is 0 Å². The van der Waals surface area contributed by atoms with Gasteiger partial charge in [0.15, 0.2) is 0 Å². The average molecular weight is 293 g/mol. The van der Waals surface area contributed by atoms with E-state index in [1.165, 1.54) is 0 Å². The zero-order chi connectivity index (χ0) is 14.9. The monoisotopic (exact) mass is 293 g/mol. The molecule has 0 spiro atoms. The van der Waals surface area contributed by atoms with E-state index in [-0.39, 0.29) is 11.9 Å². The third-order valence-electron chi connectivity index (χ3n) is 4.04. The van der Waals surface area contributed by atoms with Gasteiger partial charge in [-0.05, 0) is 11.6 Å². The summed E-state index contributed by atoms with van der Waals surface area (Å²) in [7, 11) is 0. The van der Waals surface area contributed by atoms with Gasteiger partial charge in [0.05, 0.1) is 12.6 Å². The van der Waals surface area contributed by atoms with E-state index >= 15 is 0 Å². The number of aromatic amines is 1. The normalized spacial score (nSPS) is 17.3. The van der Waals surface area contributed by atoms with Crippen LogP contribution in [0.15, 0.2) is 55.0 Å². The molecule has 2 aromatic heterocycles. The van der Waals surface area contributed by atoms with Gasteiger partial charge in [0.1, 0.15) is 11.5 Å². The van der Waals surface area contributed by atoms with Crippen molar-refractivity contribution in [3.05, 3.63) is 72.1 Å². The molecule has 1 amide bonds. The number of aromatic nitrogens is 4. The minimum atomic E-state index is -0.0550. The van der Waals surface area contributed by atoms with Crippen LogP contribution in [-0.4, -0.2) is 30.6 Å². The number of fused-ring (bicyclic) bond motifs is 1. The Hall–Kier alpha value is -2.89. The van der Waals surface area contributed by atoms with Gasteiger partial charge in [-0.2, -0.15) is 5.10 Å². The van der Waals surface area contributed by atoms with Crippen molar-refractivity contribution in [3.63, 3.8) is 0 Å². The molecule has 3 aromatic rings. The van der Waals surface area contributed by atoms with Crippen LogP contribution in [0.2, 0.25) is 0 Å². The van der Waals surface area contributed by atoms with Gasteiger partial charge >= 0.3 is 0 Å². The number of hydrogen-bond donors (Lipinski definition) is 1. The fraction of sp³-hybridized carbons (Fsp3) is 0.188. The van der Waals surface area contributed by atoms with Crippen LogP contribution in [-0.2, 0) is 13.1 Å². The Labute approximate surface area is 127 Å². The van der Waals surface area contributed by atoms with Gasteiger partial charge < -0.3 is 9.47 Å². The van der Waals surface area contributed by atoms with Crippen LogP contribution < -0.4 is 0 Å². The summed E-state index contributed by atoms with van der Waals surface area (Å²) in [5.74, 6) is 0.848. The lowest BCUT2D eigenvalue weighted by Gasteiger charge is -2.36. The van der Waals surface area contributed by atoms with E-state index in [1.807, 2.05) is 29.3 Å². The minimum absolute atomic E-state index is 0.0151. The second-order valence-corrected chi connectivity index (χ2v) is 5.33. The molecule has 3 heterocycles. The Bertz CT molecular complexity index is 778. The van der Waals surface area contributed by atoms with E-state index in [2.05, 4.69) is 31.9 Å². The molecule has 1 N–H and O–H groups in total. The molecule has 1 aromatic carbocycles. The molecule has 1 aliphatic rings. The van der Waals surface area contributed by atoms with Gasteiger partial charge in [0, 0.05) is 25.1 Å². The maximum atomic E-state index is 12.8. The van der Waals surface area contributed by atoms with Crippen molar-refractivity contribution >= 4 is 5.91 Å². The summed E-state index contributed by atoms with van der Waals surface area (Å²) in [5, 5.41) is 6.63. The third-order valence-corrected chi connectivity index (χ3v) is 4.04. The first kappa shape index (κ1) is 12.8. The summed E-state index contributed by atoms with van der Waals surface area (Å²) in [6.07, 6.45) is 5.33. The molecule has 0 aliphatic carbocycles. The highest BCUT2D eigenvalue weighted by Gasteiger charge is 2.32. The molecule has 1 atom stereocenters. The molecule has 0 fully saturated rings. The molecule has 6 heteroatoms. The standard InChI is InChI=1S/C16H15N5O/c22-16(13-6-7-18-19-13)21-11-15-17-8-9-20(15)10-14(21)12-4-2-1-3-5-12/h1-9,14H,10-11H2,(H,18,19). The maximum absolute atomic E-state index is 12.8. The molecule has 6 nitrogen and oxygen atoms in total. The highest BCUT2D eigenvalue weighted by molar-refractivity contribution is 5.92. The van der Waals surface area contributed by atoms with Crippen LogP contribution in [0.3, 0.4) is 0 Å². The number of nitrogens with one attached hydrogen (secondary N) is 1. The topological polar surface area (TPSA) is 66.8 Å². The Morgan fingerprint density at radius 3 is 2.82 bits per heavy atom. The number of amides is 1. The van der Waals surface area contributed by atoms with Crippen LogP contribution in [0.25, 0.3) is 0 Å². The van der Waals surface area contributed by atoms with Gasteiger partial charge in [-0.25, -0.2) is 4.98 Å². The lowest BCUT2D eigenvalue weighted by Crippen LogP contribution is -2.41. The summed E-state index contributed by atoms with van der Waals surface area (Å²) in [5.41, 5.74) is 1.62. The molecular formula is C16H15N5O. The fourth-order valence-electron chi connectivity index (χ4n) is 2.91. The number of rotatable bonds is 2. The lowest BCUT2D eigenvalue weighted by molar-refractivity contribution is 0.0578. The fourth-order valence-corrected chi connectivity index (χ4v) is 2.91. The summed E-state index contributed by atoms with van der Waals surface area (Å²) in [6, 6.07) is 11.8. The molecule has 22 heavy (non-hydrogen) atoms. The highest BCUT2D eigenvalue weighted by Crippen LogP contribution is 2.30. The second-order valence-electron chi connectivity index (χ2n) is 5.33. The average Bonchev–Trinajstić information content (AvgIpc) is 3.25. The quantitative estimate of drug-likeness (QED) is 0.786. The Morgan fingerprint density at radius 2 is 2.05 bits per heavy atom. The molecule has 0 bridgehead atoms. The smallest absolute Gasteiger partial charge is 0.272 e. The number of benzene rings is 1. The van der Waals surface area contributed by atoms with E-state index in [1.54, 1.807) is 18.5 Å². The van der Waals surface area contributed by atoms with Gasteiger partial charge in [-0.1, -0.05) is 30.3 Å².